The molecule has 0 aliphatic rings. The lowest BCUT2D eigenvalue weighted by Gasteiger charge is -2.09. The smallest absolute Gasteiger partial charge is 0.191 e. The van der Waals surface area contributed by atoms with Gasteiger partial charge in [-0.05, 0) is 49.6 Å². The number of amidine groups is 1. The standard InChI is InChI=1S/C21H20N6O2S/c1-3-29-15-11-9-13(10-12-15)19-23-16(18(22)26-28)17-20(25-19)27(21(24-17)30-2)14-7-5-4-6-8-14/h4-12,28H,3H2,1-2H3,(H2,22,26). The molecule has 0 saturated heterocycles. The zero-order valence-corrected chi connectivity index (χ0v) is 17.3. The molecule has 4 rings (SSSR count). The van der Waals surface area contributed by atoms with Crippen LogP contribution >= 0.6 is 11.8 Å². The molecule has 9 heteroatoms. The lowest BCUT2D eigenvalue weighted by Crippen LogP contribution is -2.17. The van der Waals surface area contributed by atoms with Gasteiger partial charge >= 0.3 is 0 Å². The van der Waals surface area contributed by atoms with E-state index in [0.717, 1.165) is 22.2 Å². The number of para-hydroxylation sites is 1. The van der Waals surface area contributed by atoms with Crippen molar-refractivity contribution in [1.29, 1.82) is 0 Å². The minimum Gasteiger partial charge on any atom is -0.494 e. The fraction of sp³-hybridized carbons (Fsp3) is 0.143. The Morgan fingerprint density at radius 2 is 1.83 bits per heavy atom. The molecule has 0 spiro atoms. The number of hydrogen-bond acceptors (Lipinski definition) is 7. The van der Waals surface area contributed by atoms with E-state index >= 15 is 0 Å². The molecule has 0 aliphatic carbocycles. The highest BCUT2D eigenvalue weighted by atomic mass is 32.2. The minimum absolute atomic E-state index is 0.125. The van der Waals surface area contributed by atoms with Crippen LogP contribution in [0, 0.1) is 0 Å². The predicted octanol–water partition coefficient (Wildman–Crippen LogP) is 3.70. The number of imidazole rings is 1. The van der Waals surface area contributed by atoms with E-state index in [1.165, 1.54) is 11.8 Å². The Kier molecular flexibility index (Phi) is 5.53. The summed E-state index contributed by atoms with van der Waals surface area (Å²) in [4.78, 5) is 14.0. The van der Waals surface area contributed by atoms with Crippen LogP contribution in [-0.2, 0) is 0 Å². The molecule has 0 radical (unpaired) electrons. The van der Waals surface area contributed by atoms with Gasteiger partial charge in [0.1, 0.15) is 17.0 Å². The summed E-state index contributed by atoms with van der Waals surface area (Å²) in [6, 6.07) is 17.3. The highest BCUT2D eigenvalue weighted by Gasteiger charge is 2.21. The van der Waals surface area contributed by atoms with Crippen molar-refractivity contribution in [3.05, 3.63) is 60.3 Å². The number of oxime groups is 1. The Bertz CT molecular complexity index is 1210. The van der Waals surface area contributed by atoms with Crippen LogP contribution in [0.5, 0.6) is 5.75 Å². The minimum atomic E-state index is -0.125. The van der Waals surface area contributed by atoms with E-state index < -0.39 is 0 Å². The van der Waals surface area contributed by atoms with E-state index in [1.807, 2.05) is 72.3 Å². The van der Waals surface area contributed by atoms with Crippen LogP contribution in [0.3, 0.4) is 0 Å². The first-order valence-electron chi connectivity index (χ1n) is 9.27. The Balaban J connectivity index is 1.99. The number of benzene rings is 2. The monoisotopic (exact) mass is 420 g/mol. The second-order valence-electron chi connectivity index (χ2n) is 6.28. The number of fused-ring (bicyclic) bond motifs is 1. The van der Waals surface area contributed by atoms with Crippen LogP contribution in [0.4, 0.5) is 0 Å². The Morgan fingerprint density at radius 3 is 2.47 bits per heavy atom. The zero-order chi connectivity index (χ0) is 21.1. The molecule has 0 atom stereocenters. The molecule has 0 unspecified atom stereocenters. The van der Waals surface area contributed by atoms with Crippen LogP contribution in [0.25, 0.3) is 28.2 Å². The topological polar surface area (TPSA) is 111 Å². The first-order chi connectivity index (χ1) is 14.7. The summed E-state index contributed by atoms with van der Waals surface area (Å²) in [5, 5.41) is 13.2. The molecule has 2 aromatic heterocycles. The third-order valence-electron chi connectivity index (χ3n) is 4.45. The molecule has 0 fully saturated rings. The molecule has 8 nitrogen and oxygen atoms in total. The third kappa shape index (κ3) is 3.55. The van der Waals surface area contributed by atoms with Crippen LogP contribution < -0.4 is 10.5 Å². The fourth-order valence-corrected chi connectivity index (χ4v) is 3.66. The summed E-state index contributed by atoms with van der Waals surface area (Å²) in [7, 11) is 0. The van der Waals surface area contributed by atoms with E-state index in [9.17, 15) is 5.21 Å². The molecular weight excluding hydrogens is 400 g/mol. The highest BCUT2D eigenvalue weighted by Crippen LogP contribution is 2.29. The third-order valence-corrected chi connectivity index (χ3v) is 5.09. The van der Waals surface area contributed by atoms with E-state index in [4.69, 9.17) is 15.5 Å². The van der Waals surface area contributed by atoms with Crippen LogP contribution in [0.1, 0.15) is 12.6 Å². The van der Waals surface area contributed by atoms with Crippen LogP contribution in [-0.4, -0.2) is 43.4 Å². The maximum Gasteiger partial charge on any atom is 0.191 e. The molecule has 3 N–H and O–H groups in total. The van der Waals surface area contributed by atoms with Gasteiger partial charge in [-0.25, -0.2) is 15.0 Å². The van der Waals surface area contributed by atoms with Crippen molar-refractivity contribution in [2.75, 3.05) is 12.9 Å². The quantitative estimate of drug-likeness (QED) is 0.161. The van der Waals surface area contributed by atoms with E-state index in [2.05, 4.69) is 15.1 Å². The predicted molar refractivity (Wildman–Crippen MR) is 118 cm³/mol. The van der Waals surface area contributed by atoms with Gasteiger partial charge < -0.3 is 15.7 Å². The average molecular weight is 420 g/mol. The van der Waals surface area contributed by atoms with Crippen molar-refractivity contribution < 1.29 is 9.94 Å². The van der Waals surface area contributed by atoms with Gasteiger partial charge in [0.15, 0.2) is 22.5 Å². The largest absolute Gasteiger partial charge is 0.494 e. The first-order valence-corrected chi connectivity index (χ1v) is 10.5. The molecule has 0 saturated carbocycles. The highest BCUT2D eigenvalue weighted by molar-refractivity contribution is 7.98. The number of thioether (sulfide) groups is 1. The molecule has 2 aromatic carbocycles. The molecule has 0 bridgehead atoms. The van der Waals surface area contributed by atoms with Crippen molar-refractivity contribution in [2.45, 2.75) is 12.1 Å². The number of aromatic nitrogens is 4. The molecule has 152 valence electrons. The van der Waals surface area contributed by atoms with Gasteiger partial charge in [-0.15, -0.1) is 0 Å². The number of rotatable bonds is 6. The summed E-state index contributed by atoms with van der Waals surface area (Å²) < 4.78 is 7.45. The van der Waals surface area contributed by atoms with E-state index in [-0.39, 0.29) is 11.5 Å². The number of hydrogen-bond donors (Lipinski definition) is 2. The van der Waals surface area contributed by atoms with Gasteiger partial charge in [0.25, 0.3) is 0 Å². The van der Waals surface area contributed by atoms with Gasteiger partial charge in [0.2, 0.25) is 0 Å². The molecule has 2 heterocycles. The SMILES string of the molecule is CCOc1ccc(-c2nc(C(N)=NO)c3nc(SC)n(-c4ccccc4)c3n2)cc1. The lowest BCUT2D eigenvalue weighted by molar-refractivity contribution is 0.318. The normalized spacial score (nSPS) is 11.7. The van der Waals surface area contributed by atoms with Crippen molar-refractivity contribution in [3.8, 4) is 22.8 Å². The average Bonchev–Trinajstić information content (AvgIpc) is 3.18. The van der Waals surface area contributed by atoms with Gasteiger partial charge in [-0.2, -0.15) is 0 Å². The first kappa shape index (κ1) is 19.7. The molecule has 0 aliphatic heterocycles. The molecule has 4 aromatic rings. The number of nitrogens with two attached hydrogens (primary N) is 1. The van der Waals surface area contributed by atoms with Crippen LogP contribution in [0.2, 0.25) is 0 Å². The second kappa shape index (κ2) is 8.42. The molecule has 0 amide bonds. The second-order valence-corrected chi connectivity index (χ2v) is 7.05. The van der Waals surface area contributed by atoms with Crippen molar-refractivity contribution in [2.24, 2.45) is 10.9 Å². The Hall–Kier alpha value is -3.59. The number of nitrogens with zero attached hydrogens (tertiary/aromatic N) is 5. The summed E-state index contributed by atoms with van der Waals surface area (Å²) in [5.74, 6) is 1.08. The lowest BCUT2D eigenvalue weighted by atomic mass is 10.2. The summed E-state index contributed by atoms with van der Waals surface area (Å²) in [6.07, 6.45) is 1.94. The zero-order valence-electron chi connectivity index (χ0n) is 16.5. The van der Waals surface area contributed by atoms with Crippen molar-refractivity contribution in [3.63, 3.8) is 0 Å². The van der Waals surface area contributed by atoms with Gasteiger partial charge in [-0.3, -0.25) is 4.57 Å². The summed E-state index contributed by atoms with van der Waals surface area (Å²) in [6.45, 7) is 2.52. The fourth-order valence-electron chi connectivity index (χ4n) is 3.11. The Morgan fingerprint density at radius 1 is 1.10 bits per heavy atom. The van der Waals surface area contributed by atoms with Crippen molar-refractivity contribution >= 4 is 28.8 Å². The van der Waals surface area contributed by atoms with Crippen LogP contribution in [0.15, 0.2) is 64.9 Å². The maximum atomic E-state index is 9.30. The molecular formula is C21H20N6O2S. The summed E-state index contributed by atoms with van der Waals surface area (Å²) in [5.41, 5.74) is 8.94. The van der Waals surface area contributed by atoms with E-state index in [1.54, 1.807) is 0 Å². The molecule has 30 heavy (non-hydrogen) atoms. The summed E-state index contributed by atoms with van der Waals surface area (Å²) >= 11 is 1.48. The van der Waals surface area contributed by atoms with Gasteiger partial charge in [0.05, 0.1) is 6.61 Å². The van der Waals surface area contributed by atoms with Crippen molar-refractivity contribution in [1.82, 2.24) is 19.5 Å². The maximum absolute atomic E-state index is 9.30. The number of ether oxygens (including phenoxy) is 1. The van der Waals surface area contributed by atoms with Gasteiger partial charge in [-0.1, -0.05) is 35.1 Å². The van der Waals surface area contributed by atoms with Gasteiger partial charge in [0, 0.05) is 11.3 Å². The van der Waals surface area contributed by atoms with E-state index in [0.29, 0.717) is 23.6 Å². The Labute approximate surface area is 177 Å².